The van der Waals surface area contributed by atoms with E-state index in [1.165, 1.54) is 0 Å². The highest BCUT2D eigenvalue weighted by Crippen LogP contribution is 2.21. The van der Waals surface area contributed by atoms with E-state index in [2.05, 4.69) is 15.2 Å². The number of carbonyl (C=O) groups excluding carboxylic acids is 1. The molecule has 3 aromatic rings. The minimum atomic E-state index is -0.140. The summed E-state index contributed by atoms with van der Waals surface area (Å²) in [4.78, 5) is 29.8. The summed E-state index contributed by atoms with van der Waals surface area (Å²) < 4.78 is 11.0. The highest BCUT2D eigenvalue weighted by molar-refractivity contribution is 5.79. The zero-order chi connectivity index (χ0) is 20.1. The van der Waals surface area contributed by atoms with Gasteiger partial charge in [0.1, 0.15) is 5.76 Å². The Labute approximate surface area is 168 Å². The molecule has 152 valence electrons. The molecule has 1 saturated heterocycles. The van der Waals surface area contributed by atoms with Crippen LogP contribution < -0.4 is 10.9 Å². The molecule has 1 amide bonds. The summed E-state index contributed by atoms with van der Waals surface area (Å²) >= 11 is 0. The maximum Gasteiger partial charge on any atom is 0.251 e. The summed E-state index contributed by atoms with van der Waals surface area (Å²) in [6, 6.07) is 13.3. The molecule has 29 heavy (non-hydrogen) atoms. The van der Waals surface area contributed by atoms with Gasteiger partial charge in [-0.2, -0.15) is 0 Å². The molecular formula is C22H25N3O4. The number of hydrogen-bond acceptors (Lipinski definition) is 5. The number of H-pyrrole nitrogens is 1. The summed E-state index contributed by atoms with van der Waals surface area (Å²) in [6.07, 6.45) is 2.31. The largest absolute Gasteiger partial charge is 0.468 e. The van der Waals surface area contributed by atoms with Gasteiger partial charge in [0.05, 0.1) is 25.5 Å². The van der Waals surface area contributed by atoms with Crippen molar-refractivity contribution in [3.8, 4) is 0 Å². The normalized spacial score (nSPS) is 16.0. The molecule has 0 bridgehead atoms. The summed E-state index contributed by atoms with van der Waals surface area (Å²) in [6.45, 7) is 3.41. The standard InChI is InChI=1S/C22H25N3O4/c26-21(8-7-17-14-16-4-1-2-5-18(16)24-22(17)27)23-15-19(20-6-3-11-29-20)25-9-12-28-13-10-25/h1-6,11,14,19H,7-10,12-13,15H2,(H,23,26)(H,24,27). The van der Waals surface area contributed by atoms with Crippen LogP contribution in [0.1, 0.15) is 23.8 Å². The second-order valence-electron chi connectivity index (χ2n) is 7.19. The smallest absolute Gasteiger partial charge is 0.251 e. The minimum absolute atomic E-state index is 0.0260. The van der Waals surface area contributed by atoms with E-state index in [4.69, 9.17) is 9.15 Å². The molecule has 2 aromatic heterocycles. The molecule has 7 heteroatoms. The number of furan rings is 1. The number of nitrogens with zero attached hydrogens (tertiary/aromatic N) is 1. The Hall–Kier alpha value is -2.90. The molecule has 0 aliphatic carbocycles. The van der Waals surface area contributed by atoms with Crippen molar-refractivity contribution in [2.24, 2.45) is 0 Å². The van der Waals surface area contributed by atoms with Crippen molar-refractivity contribution in [2.45, 2.75) is 18.9 Å². The Morgan fingerprint density at radius 1 is 1.17 bits per heavy atom. The van der Waals surface area contributed by atoms with E-state index in [0.29, 0.717) is 31.7 Å². The lowest BCUT2D eigenvalue weighted by molar-refractivity contribution is -0.121. The first-order valence-electron chi connectivity index (χ1n) is 9.93. The Morgan fingerprint density at radius 2 is 2.00 bits per heavy atom. The third-order valence-corrected chi connectivity index (χ3v) is 5.30. The molecule has 1 fully saturated rings. The second kappa shape index (κ2) is 9.07. The molecule has 1 aliphatic heterocycles. The third kappa shape index (κ3) is 4.75. The molecule has 0 radical (unpaired) electrons. The van der Waals surface area contributed by atoms with Crippen LogP contribution in [0.5, 0.6) is 0 Å². The average molecular weight is 395 g/mol. The Bertz CT molecular complexity index is 1010. The fourth-order valence-electron chi connectivity index (χ4n) is 3.71. The fraction of sp³-hybridized carbons (Fsp3) is 0.364. The minimum Gasteiger partial charge on any atom is -0.468 e. The van der Waals surface area contributed by atoms with E-state index in [1.54, 1.807) is 6.26 Å². The number of para-hydroxylation sites is 1. The first-order valence-corrected chi connectivity index (χ1v) is 9.93. The number of fused-ring (bicyclic) bond motifs is 1. The van der Waals surface area contributed by atoms with Crippen molar-refractivity contribution in [1.29, 1.82) is 0 Å². The van der Waals surface area contributed by atoms with Gasteiger partial charge in [0.25, 0.3) is 5.56 Å². The number of hydrogen-bond donors (Lipinski definition) is 2. The molecule has 3 heterocycles. The number of aromatic nitrogens is 1. The highest BCUT2D eigenvalue weighted by atomic mass is 16.5. The Balaban J connectivity index is 1.36. The molecule has 4 rings (SSSR count). The first kappa shape index (κ1) is 19.4. The van der Waals surface area contributed by atoms with Gasteiger partial charge in [-0.1, -0.05) is 18.2 Å². The quantitative estimate of drug-likeness (QED) is 0.641. The molecule has 1 unspecified atom stereocenters. The van der Waals surface area contributed by atoms with Crippen LogP contribution in [0.15, 0.2) is 57.9 Å². The number of morpholine rings is 1. The van der Waals surface area contributed by atoms with Crippen LogP contribution in [0.25, 0.3) is 10.9 Å². The second-order valence-corrected chi connectivity index (χ2v) is 7.19. The monoisotopic (exact) mass is 395 g/mol. The van der Waals surface area contributed by atoms with Crippen molar-refractivity contribution < 1.29 is 13.9 Å². The van der Waals surface area contributed by atoms with Gasteiger partial charge in [0.15, 0.2) is 0 Å². The zero-order valence-electron chi connectivity index (χ0n) is 16.2. The van der Waals surface area contributed by atoms with Gasteiger partial charge in [-0.15, -0.1) is 0 Å². The van der Waals surface area contributed by atoms with Gasteiger partial charge in [-0.25, -0.2) is 0 Å². The van der Waals surface area contributed by atoms with Gasteiger partial charge in [0.2, 0.25) is 5.91 Å². The van der Waals surface area contributed by atoms with Crippen LogP contribution in [0.2, 0.25) is 0 Å². The molecule has 7 nitrogen and oxygen atoms in total. The number of benzene rings is 1. The fourth-order valence-corrected chi connectivity index (χ4v) is 3.71. The van der Waals surface area contributed by atoms with Gasteiger partial charge >= 0.3 is 0 Å². The van der Waals surface area contributed by atoms with Gasteiger partial charge in [-0.3, -0.25) is 14.5 Å². The lowest BCUT2D eigenvalue weighted by atomic mass is 10.1. The number of amides is 1. The lowest BCUT2D eigenvalue weighted by Crippen LogP contribution is -2.43. The average Bonchev–Trinajstić information content (AvgIpc) is 3.28. The topological polar surface area (TPSA) is 87.6 Å². The van der Waals surface area contributed by atoms with Crippen LogP contribution in [0, 0.1) is 0 Å². The molecule has 0 spiro atoms. The number of carbonyl (C=O) groups is 1. The van der Waals surface area contributed by atoms with E-state index < -0.39 is 0 Å². The summed E-state index contributed by atoms with van der Waals surface area (Å²) in [5, 5.41) is 3.97. The number of aryl methyl sites for hydroxylation is 1. The maximum absolute atomic E-state index is 12.5. The van der Waals surface area contributed by atoms with Crippen molar-refractivity contribution >= 4 is 16.8 Å². The Kier molecular flexibility index (Phi) is 6.07. The lowest BCUT2D eigenvalue weighted by Gasteiger charge is -2.33. The van der Waals surface area contributed by atoms with E-state index in [9.17, 15) is 9.59 Å². The van der Waals surface area contributed by atoms with Gasteiger partial charge < -0.3 is 19.5 Å². The molecule has 0 saturated carbocycles. The van der Waals surface area contributed by atoms with Crippen LogP contribution in [-0.2, 0) is 16.0 Å². The van der Waals surface area contributed by atoms with Crippen molar-refractivity contribution in [3.63, 3.8) is 0 Å². The maximum atomic E-state index is 12.5. The highest BCUT2D eigenvalue weighted by Gasteiger charge is 2.25. The van der Waals surface area contributed by atoms with Gasteiger partial charge in [-0.05, 0) is 36.1 Å². The number of aromatic amines is 1. The van der Waals surface area contributed by atoms with E-state index in [0.717, 1.165) is 29.8 Å². The summed E-state index contributed by atoms with van der Waals surface area (Å²) in [5.41, 5.74) is 1.28. The third-order valence-electron chi connectivity index (χ3n) is 5.30. The van der Waals surface area contributed by atoms with E-state index in [-0.39, 0.29) is 23.9 Å². The molecule has 1 aromatic carbocycles. The molecule has 1 atom stereocenters. The zero-order valence-corrected chi connectivity index (χ0v) is 16.2. The molecule has 1 aliphatic rings. The van der Waals surface area contributed by atoms with Crippen molar-refractivity contribution in [1.82, 2.24) is 15.2 Å². The van der Waals surface area contributed by atoms with Crippen molar-refractivity contribution in [3.05, 3.63) is 70.4 Å². The summed E-state index contributed by atoms with van der Waals surface area (Å²) in [5.74, 6) is 0.751. The number of nitrogens with one attached hydrogen (secondary N) is 2. The van der Waals surface area contributed by atoms with Crippen LogP contribution in [0.3, 0.4) is 0 Å². The predicted molar refractivity (Wildman–Crippen MR) is 110 cm³/mol. The summed E-state index contributed by atoms with van der Waals surface area (Å²) in [7, 11) is 0. The van der Waals surface area contributed by atoms with Crippen LogP contribution >= 0.6 is 0 Å². The molecule has 2 N–H and O–H groups in total. The SMILES string of the molecule is O=C(CCc1cc2ccccc2[nH]c1=O)NCC(c1ccco1)N1CCOCC1. The number of pyridine rings is 1. The first-order chi connectivity index (χ1) is 14.2. The Morgan fingerprint density at radius 3 is 2.79 bits per heavy atom. The van der Waals surface area contributed by atoms with E-state index in [1.807, 2.05) is 42.5 Å². The van der Waals surface area contributed by atoms with Crippen LogP contribution in [-0.4, -0.2) is 48.6 Å². The number of ether oxygens (including phenoxy) is 1. The molecular weight excluding hydrogens is 370 g/mol. The number of rotatable bonds is 7. The van der Waals surface area contributed by atoms with Crippen LogP contribution in [0.4, 0.5) is 0 Å². The van der Waals surface area contributed by atoms with Crippen molar-refractivity contribution in [2.75, 3.05) is 32.8 Å². The predicted octanol–water partition coefficient (Wildman–Crippen LogP) is 2.24. The van der Waals surface area contributed by atoms with Gasteiger partial charge in [0, 0.05) is 37.1 Å². The van der Waals surface area contributed by atoms with E-state index >= 15 is 0 Å².